The minimum atomic E-state index is -0.456. The van der Waals surface area contributed by atoms with E-state index in [0.717, 1.165) is 0 Å². The summed E-state index contributed by atoms with van der Waals surface area (Å²) in [7, 11) is 0. The highest BCUT2D eigenvalue weighted by Crippen LogP contribution is 2.29. The van der Waals surface area contributed by atoms with E-state index < -0.39 is 11.0 Å². The number of amides is 1. The van der Waals surface area contributed by atoms with Crippen molar-refractivity contribution in [3.63, 3.8) is 0 Å². The van der Waals surface area contributed by atoms with Gasteiger partial charge in [0.05, 0.1) is 16.7 Å². The van der Waals surface area contributed by atoms with Gasteiger partial charge in [0.15, 0.2) is 0 Å². The van der Waals surface area contributed by atoms with Crippen LogP contribution in [0.2, 0.25) is 0 Å². The Hall–Kier alpha value is -2.11. The molecule has 0 spiro atoms. The third-order valence-corrected chi connectivity index (χ3v) is 2.74. The third-order valence-electron chi connectivity index (χ3n) is 2.74. The van der Waals surface area contributed by atoms with Gasteiger partial charge < -0.3 is 4.74 Å². The Kier molecular flexibility index (Phi) is 2.71. The van der Waals surface area contributed by atoms with Crippen LogP contribution in [0.1, 0.15) is 12.5 Å². The Morgan fingerprint density at radius 3 is 2.71 bits per heavy atom. The summed E-state index contributed by atoms with van der Waals surface area (Å²) in [5, 5.41) is 10.6. The first-order valence-electron chi connectivity index (χ1n) is 5.21. The van der Waals surface area contributed by atoms with Crippen molar-refractivity contribution in [1.29, 1.82) is 0 Å². The second-order valence-corrected chi connectivity index (χ2v) is 4.02. The zero-order valence-corrected chi connectivity index (χ0v) is 9.54. The van der Waals surface area contributed by atoms with Crippen molar-refractivity contribution in [3.05, 3.63) is 33.9 Å². The maximum atomic E-state index is 11.5. The van der Waals surface area contributed by atoms with E-state index in [4.69, 9.17) is 4.74 Å². The zero-order chi connectivity index (χ0) is 12.6. The molecule has 1 heterocycles. The van der Waals surface area contributed by atoms with Gasteiger partial charge in [-0.2, -0.15) is 0 Å². The van der Waals surface area contributed by atoms with E-state index >= 15 is 0 Å². The third kappa shape index (κ3) is 1.93. The summed E-state index contributed by atoms with van der Waals surface area (Å²) in [5.41, 5.74) is 1.36. The van der Waals surface area contributed by atoms with E-state index in [1.807, 2.05) is 6.92 Å². The maximum Gasteiger partial charge on any atom is 0.414 e. The average molecular weight is 236 g/mol. The van der Waals surface area contributed by atoms with Crippen LogP contribution in [0.4, 0.5) is 16.2 Å². The summed E-state index contributed by atoms with van der Waals surface area (Å²) in [4.78, 5) is 23.2. The Morgan fingerprint density at radius 2 is 2.24 bits per heavy atom. The normalized spacial score (nSPS) is 19.3. The van der Waals surface area contributed by atoms with Gasteiger partial charge in [0.25, 0.3) is 5.69 Å². The van der Waals surface area contributed by atoms with Crippen molar-refractivity contribution in [3.8, 4) is 0 Å². The van der Waals surface area contributed by atoms with Crippen LogP contribution in [0.25, 0.3) is 0 Å². The molecular formula is C11H12N2O4. The molecule has 0 N–H and O–H groups in total. The van der Waals surface area contributed by atoms with E-state index in [9.17, 15) is 14.9 Å². The zero-order valence-electron chi connectivity index (χ0n) is 9.54. The minimum Gasteiger partial charge on any atom is -0.447 e. The molecule has 0 bridgehead atoms. The Labute approximate surface area is 97.9 Å². The lowest BCUT2D eigenvalue weighted by molar-refractivity contribution is -0.384. The quantitative estimate of drug-likeness (QED) is 0.583. The van der Waals surface area contributed by atoms with Crippen molar-refractivity contribution in [1.82, 2.24) is 0 Å². The number of nitrogens with zero attached hydrogens (tertiary/aromatic N) is 2. The Bertz CT molecular complexity index is 486. The fraction of sp³-hybridized carbons (Fsp3) is 0.364. The molecule has 0 aliphatic carbocycles. The van der Waals surface area contributed by atoms with Gasteiger partial charge in [0.2, 0.25) is 0 Å². The van der Waals surface area contributed by atoms with Crippen molar-refractivity contribution >= 4 is 17.5 Å². The van der Waals surface area contributed by atoms with E-state index in [1.54, 1.807) is 13.0 Å². The number of carbonyl (C=O) groups excluding carboxylic acids is 1. The van der Waals surface area contributed by atoms with Gasteiger partial charge in [0.1, 0.15) is 6.61 Å². The van der Waals surface area contributed by atoms with Crippen LogP contribution in [0.3, 0.4) is 0 Å². The molecule has 90 valence electrons. The molecule has 0 aromatic heterocycles. The van der Waals surface area contributed by atoms with Gasteiger partial charge >= 0.3 is 6.09 Å². The molecule has 1 amide bonds. The molecule has 6 nitrogen and oxygen atoms in total. The number of hydrogen-bond donors (Lipinski definition) is 0. The van der Waals surface area contributed by atoms with E-state index in [2.05, 4.69) is 0 Å². The maximum absolute atomic E-state index is 11.5. The van der Waals surface area contributed by atoms with Gasteiger partial charge in [-0.25, -0.2) is 4.79 Å². The molecule has 1 aromatic rings. The molecule has 1 fully saturated rings. The van der Waals surface area contributed by atoms with Gasteiger partial charge in [-0.1, -0.05) is 0 Å². The van der Waals surface area contributed by atoms with Gasteiger partial charge in [-0.3, -0.25) is 15.0 Å². The molecule has 1 aromatic carbocycles. The highest BCUT2D eigenvalue weighted by molar-refractivity contribution is 5.91. The van der Waals surface area contributed by atoms with Gasteiger partial charge in [-0.15, -0.1) is 0 Å². The molecule has 1 saturated heterocycles. The van der Waals surface area contributed by atoms with Crippen molar-refractivity contribution in [2.75, 3.05) is 11.5 Å². The van der Waals surface area contributed by atoms with E-state index in [0.29, 0.717) is 17.9 Å². The molecule has 2 rings (SSSR count). The number of anilines is 1. The number of carbonyl (C=O) groups is 1. The summed E-state index contributed by atoms with van der Waals surface area (Å²) in [6.07, 6.45) is -0.408. The van der Waals surface area contributed by atoms with E-state index in [-0.39, 0.29) is 11.7 Å². The second-order valence-electron chi connectivity index (χ2n) is 4.02. The second kappa shape index (κ2) is 4.04. The predicted molar refractivity (Wildman–Crippen MR) is 61.1 cm³/mol. The molecule has 0 saturated carbocycles. The molecule has 1 atom stereocenters. The number of non-ortho nitro benzene ring substituents is 1. The van der Waals surface area contributed by atoms with Crippen molar-refractivity contribution < 1.29 is 14.5 Å². The fourth-order valence-corrected chi connectivity index (χ4v) is 1.88. The monoisotopic (exact) mass is 236 g/mol. The van der Waals surface area contributed by atoms with E-state index in [1.165, 1.54) is 17.0 Å². The highest BCUT2D eigenvalue weighted by Gasteiger charge is 2.32. The molecule has 0 radical (unpaired) electrons. The molecule has 0 unspecified atom stereocenters. The van der Waals surface area contributed by atoms with Crippen LogP contribution in [0, 0.1) is 17.0 Å². The lowest BCUT2D eigenvalue weighted by Gasteiger charge is -2.19. The Morgan fingerprint density at radius 1 is 1.53 bits per heavy atom. The van der Waals surface area contributed by atoms with Crippen molar-refractivity contribution in [2.24, 2.45) is 0 Å². The SMILES string of the molecule is Cc1cc([N+](=O)[O-])ccc1N1C(=O)OC[C@H]1C. The lowest BCUT2D eigenvalue weighted by atomic mass is 10.1. The first-order chi connectivity index (χ1) is 8.00. The molecule has 1 aliphatic heterocycles. The van der Waals surface area contributed by atoms with Crippen molar-refractivity contribution in [2.45, 2.75) is 19.9 Å². The standard InChI is InChI=1S/C11H12N2O4/c1-7-5-9(13(15)16)3-4-10(7)12-8(2)6-17-11(12)14/h3-5,8H,6H2,1-2H3/t8-/m1/s1. The largest absolute Gasteiger partial charge is 0.447 e. The lowest BCUT2D eigenvalue weighted by Crippen LogP contribution is -2.31. The topological polar surface area (TPSA) is 72.7 Å². The van der Waals surface area contributed by atoms with Crippen LogP contribution < -0.4 is 4.90 Å². The number of nitro groups is 1. The van der Waals surface area contributed by atoms with Crippen LogP contribution in [-0.2, 0) is 4.74 Å². The number of hydrogen-bond acceptors (Lipinski definition) is 4. The average Bonchev–Trinajstić information content (AvgIpc) is 2.59. The summed E-state index contributed by atoms with van der Waals surface area (Å²) < 4.78 is 4.92. The Balaban J connectivity index is 2.40. The minimum absolute atomic E-state index is 0.0199. The number of cyclic esters (lactones) is 1. The number of aryl methyl sites for hydroxylation is 1. The number of benzene rings is 1. The number of rotatable bonds is 2. The fourth-order valence-electron chi connectivity index (χ4n) is 1.88. The highest BCUT2D eigenvalue weighted by atomic mass is 16.6. The summed E-state index contributed by atoms with van der Waals surface area (Å²) >= 11 is 0. The summed E-state index contributed by atoms with van der Waals surface area (Å²) in [5.74, 6) is 0. The molecule has 17 heavy (non-hydrogen) atoms. The van der Waals surface area contributed by atoms with Gasteiger partial charge in [0, 0.05) is 12.1 Å². The first-order valence-corrected chi connectivity index (χ1v) is 5.21. The summed E-state index contributed by atoms with van der Waals surface area (Å²) in [6, 6.07) is 4.37. The van der Waals surface area contributed by atoms with Crippen LogP contribution in [-0.4, -0.2) is 23.7 Å². The van der Waals surface area contributed by atoms with Crippen LogP contribution in [0.15, 0.2) is 18.2 Å². The molecule has 6 heteroatoms. The summed E-state index contributed by atoms with van der Waals surface area (Å²) in [6.45, 7) is 3.95. The van der Waals surface area contributed by atoms with Crippen LogP contribution >= 0.6 is 0 Å². The molecule has 1 aliphatic rings. The molecular weight excluding hydrogens is 224 g/mol. The smallest absolute Gasteiger partial charge is 0.414 e. The number of nitro benzene ring substituents is 1. The first kappa shape index (κ1) is 11.4. The van der Waals surface area contributed by atoms with Gasteiger partial charge in [-0.05, 0) is 25.5 Å². The number of ether oxygens (including phenoxy) is 1. The predicted octanol–water partition coefficient (Wildman–Crippen LogP) is 2.25. The van der Waals surface area contributed by atoms with Crippen LogP contribution in [0.5, 0.6) is 0 Å².